The third-order valence-corrected chi connectivity index (χ3v) is 2.02. The Labute approximate surface area is 101 Å². The van der Waals surface area contributed by atoms with Crippen molar-refractivity contribution < 1.29 is 14.6 Å². The van der Waals surface area contributed by atoms with Crippen LogP contribution in [0.5, 0.6) is 0 Å². The smallest absolute Gasteiger partial charge is 0.293 e. The van der Waals surface area contributed by atoms with Gasteiger partial charge in [0.05, 0.1) is 12.1 Å². The first kappa shape index (κ1) is 15.7. The number of hydrogen-bond acceptors (Lipinski definition) is 5. The van der Waals surface area contributed by atoms with Crippen molar-refractivity contribution in [3.63, 3.8) is 0 Å². The van der Waals surface area contributed by atoms with E-state index in [0.29, 0.717) is 13.0 Å². The highest BCUT2D eigenvalue weighted by atomic mass is 16.5. The fraction of sp³-hybridized carbons (Fsp3) is 0.900. The number of piperidine rings is 1. The molecule has 7 heteroatoms. The summed E-state index contributed by atoms with van der Waals surface area (Å²) in [7, 11) is 0. The van der Waals surface area contributed by atoms with Crippen LogP contribution in [0.25, 0.3) is 10.4 Å². The summed E-state index contributed by atoms with van der Waals surface area (Å²) >= 11 is 0. The van der Waals surface area contributed by atoms with Crippen molar-refractivity contribution in [3.8, 4) is 0 Å². The summed E-state index contributed by atoms with van der Waals surface area (Å²) in [6.07, 6.45) is 0.218. The summed E-state index contributed by atoms with van der Waals surface area (Å²) < 4.78 is 4.55. The van der Waals surface area contributed by atoms with Crippen molar-refractivity contribution in [1.82, 2.24) is 5.32 Å². The lowest BCUT2D eigenvalue weighted by atomic mass is 10.1. The zero-order chi connectivity index (χ0) is 13.3. The van der Waals surface area contributed by atoms with E-state index in [1.807, 2.05) is 20.8 Å². The molecule has 2 unspecified atom stereocenters. The zero-order valence-electron chi connectivity index (χ0n) is 10.5. The van der Waals surface area contributed by atoms with E-state index in [1.165, 1.54) is 0 Å². The number of nitrogens with one attached hydrogen (secondary N) is 1. The third-order valence-electron chi connectivity index (χ3n) is 2.02. The summed E-state index contributed by atoms with van der Waals surface area (Å²) in [6, 6.07) is -0.230. The molecule has 1 rings (SSSR count). The van der Waals surface area contributed by atoms with Crippen LogP contribution in [0.4, 0.5) is 0 Å². The van der Waals surface area contributed by atoms with Gasteiger partial charge in [-0.05, 0) is 39.3 Å². The lowest BCUT2D eigenvalue weighted by Gasteiger charge is -2.23. The summed E-state index contributed by atoms with van der Waals surface area (Å²) in [5, 5.41) is 15.6. The largest absolute Gasteiger partial charge is 0.462 e. The molecular formula is C10H20N4O3. The Morgan fingerprint density at radius 3 is 2.59 bits per heavy atom. The van der Waals surface area contributed by atoms with Crippen LogP contribution in [0, 0.1) is 0 Å². The molecule has 1 aliphatic rings. The minimum atomic E-state index is -0.510. The van der Waals surface area contributed by atoms with Crippen molar-refractivity contribution >= 4 is 6.47 Å². The molecule has 1 heterocycles. The minimum absolute atomic E-state index is 0.230. The van der Waals surface area contributed by atoms with E-state index >= 15 is 0 Å². The highest BCUT2D eigenvalue weighted by molar-refractivity contribution is 5.37. The molecule has 0 amide bonds. The van der Waals surface area contributed by atoms with E-state index in [4.69, 9.17) is 5.53 Å². The Bertz CT molecular complexity index is 271. The first-order valence-corrected chi connectivity index (χ1v) is 5.45. The van der Waals surface area contributed by atoms with Gasteiger partial charge in [-0.1, -0.05) is 5.11 Å². The molecule has 1 aliphatic heterocycles. The van der Waals surface area contributed by atoms with Crippen LogP contribution in [0.3, 0.4) is 0 Å². The molecule has 0 aromatic heterocycles. The molecule has 0 radical (unpaired) electrons. The molecule has 2 atom stereocenters. The third kappa shape index (κ3) is 8.50. The second-order valence-corrected chi connectivity index (χ2v) is 4.66. The summed E-state index contributed by atoms with van der Waals surface area (Å²) in [5.74, 6) is 0. The summed E-state index contributed by atoms with van der Waals surface area (Å²) in [5.41, 5.74) is 7.75. The van der Waals surface area contributed by atoms with Crippen LogP contribution < -0.4 is 5.32 Å². The Morgan fingerprint density at radius 2 is 2.24 bits per heavy atom. The van der Waals surface area contributed by atoms with E-state index in [2.05, 4.69) is 20.1 Å². The second-order valence-electron chi connectivity index (χ2n) is 4.66. The molecule has 7 nitrogen and oxygen atoms in total. The van der Waals surface area contributed by atoms with E-state index in [-0.39, 0.29) is 11.6 Å². The number of aliphatic hydroxyl groups is 1. The molecule has 0 saturated carbocycles. The maximum Gasteiger partial charge on any atom is 0.293 e. The second kappa shape index (κ2) is 7.89. The predicted octanol–water partition coefficient (Wildman–Crippen LogP) is 0.977. The van der Waals surface area contributed by atoms with Gasteiger partial charge in [0, 0.05) is 11.5 Å². The van der Waals surface area contributed by atoms with Gasteiger partial charge >= 0.3 is 0 Å². The molecule has 0 aromatic rings. The van der Waals surface area contributed by atoms with Crippen LogP contribution in [-0.4, -0.2) is 42.4 Å². The van der Waals surface area contributed by atoms with Gasteiger partial charge in [0.25, 0.3) is 6.47 Å². The number of β-amino-alcohol motifs (C(OH)–C–C–N with tert-alkyl or cyclic N) is 1. The number of carbonyl (C=O) groups is 1. The van der Waals surface area contributed by atoms with E-state index < -0.39 is 6.10 Å². The molecule has 1 saturated heterocycles. The fourth-order valence-electron chi connectivity index (χ4n) is 1.17. The first-order valence-electron chi connectivity index (χ1n) is 5.45. The van der Waals surface area contributed by atoms with Gasteiger partial charge in [0.2, 0.25) is 0 Å². The van der Waals surface area contributed by atoms with Gasteiger partial charge in [-0.2, -0.15) is 0 Å². The van der Waals surface area contributed by atoms with E-state index in [9.17, 15) is 9.90 Å². The number of hydrogen-bond donors (Lipinski definition) is 2. The van der Waals surface area contributed by atoms with Crippen LogP contribution in [0.15, 0.2) is 5.11 Å². The quantitative estimate of drug-likeness (QED) is 0.326. The lowest BCUT2D eigenvalue weighted by Crippen LogP contribution is -2.42. The number of rotatable bonds is 2. The average Bonchev–Trinajstić information content (AvgIpc) is 2.21. The van der Waals surface area contributed by atoms with Crippen LogP contribution in [-0.2, 0) is 9.53 Å². The monoisotopic (exact) mass is 244 g/mol. The molecule has 17 heavy (non-hydrogen) atoms. The molecule has 98 valence electrons. The van der Waals surface area contributed by atoms with Crippen molar-refractivity contribution in [1.29, 1.82) is 0 Å². The Hall–Kier alpha value is -1.30. The summed E-state index contributed by atoms with van der Waals surface area (Å²) in [6.45, 7) is 7.27. The number of carbonyl (C=O) groups excluding carboxylic acids is 1. The van der Waals surface area contributed by atoms with Crippen molar-refractivity contribution in [2.45, 2.75) is 44.9 Å². The number of ether oxygens (including phenoxy) is 1. The summed E-state index contributed by atoms with van der Waals surface area (Å²) in [4.78, 5) is 12.2. The standard InChI is InChI=1S/C5H10N4O.C5H10O2/c6-9-8-4-1-2-7-3-5(4)10;1-5(2,3)7-4-6/h4-5,7,10H,1-3H2;4H,1-3H3. The molecule has 0 aliphatic carbocycles. The minimum Gasteiger partial charge on any atom is -0.462 e. The van der Waals surface area contributed by atoms with Crippen LogP contribution in [0.2, 0.25) is 0 Å². The highest BCUT2D eigenvalue weighted by Gasteiger charge is 2.20. The topological polar surface area (TPSA) is 107 Å². The highest BCUT2D eigenvalue weighted by Crippen LogP contribution is 2.07. The maximum atomic E-state index is 9.60. The number of azide groups is 1. The lowest BCUT2D eigenvalue weighted by molar-refractivity contribution is -0.138. The molecule has 0 bridgehead atoms. The van der Waals surface area contributed by atoms with E-state index in [1.54, 1.807) is 0 Å². The SMILES string of the molecule is CC(C)(C)OC=O.[N-]=[N+]=NC1CCNCC1O. The van der Waals surface area contributed by atoms with Crippen LogP contribution >= 0.6 is 0 Å². The first-order chi connectivity index (χ1) is 7.90. The number of aliphatic hydroxyl groups excluding tert-OH is 1. The molecule has 1 fully saturated rings. The zero-order valence-corrected chi connectivity index (χ0v) is 10.5. The van der Waals surface area contributed by atoms with Crippen molar-refractivity contribution in [2.75, 3.05) is 13.1 Å². The molecule has 2 N–H and O–H groups in total. The van der Waals surface area contributed by atoms with Gasteiger partial charge in [0.15, 0.2) is 0 Å². The molecule has 0 spiro atoms. The van der Waals surface area contributed by atoms with Crippen molar-refractivity contribution in [3.05, 3.63) is 10.4 Å². The Balaban J connectivity index is 0.000000325. The molecular weight excluding hydrogens is 224 g/mol. The molecule has 0 aromatic carbocycles. The van der Waals surface area contributed by atoms with Crippen molar-refractivity contribution in [2.24, 2.45) is 5.11 Å². The van der Waals surface area contributed by atoms with Crippen LogP contribution in [0.1, 0.15) is 27.2 Å². The van der Waals surface area contributed by atoms with Gasteiger partial charge < -0.3 is 15.2 Å². The maximum absolute atomic E-state index is 9.60. The van der Waals surface area contributed by atoms with Gasteiger partial charge in [0.1, 0.15) is 5.60 Å². The Kier molecular flexibility index (Phi) is 7.29. The normalized spacial score (nSPS) is 23.8. The van der Waals surface area contributed by atoms with E-state index in [0.717, 1.165) is 13.0 Å². The van der Waals surface area contributed by atoms with Gasteiger partial charge in [-0.25, -0.2) is 0 Å². The van der Waals surface area contributed by atoms with Gasteiger partial charge in [-0.3, -0.25) is 4.79 Å². The Morgan fingerprint density at radius 1 is 1.59 bits per heavy atom. The average molecular weight is 244 g/mol. The predicted molar refractivity (Wildman–Crippen MR) is 63.3 cm³/mol. The number of nitrogens with zero attached hydrogens (tertiary/aromatic N) is 3. The fourth-order valence-corrected chi connectivity index (χ4v) is 1.17. The van der Waals surface area contributed by atoms with Gasteiger partial charge in [-0.15, -0.1) is 0 Å².